The molecule has 0 spiro atoms. The van der Waals surface area contributed by atoms with Gasteiger partial charge in [0, 0.05) is 43.1 Å². The number of thioether (sulfide) groups is 1. The number of nitrogens with one attached hydrogen (secondary N) is 1. The normalized spacial score (nSPS) is 28.3. The van der Waals surface area contributed by atoms with Gasteiger partial charge in [0.15, 0.2) is 0 Å². The molecule has 1 heterocycles. The largest absolute Gasteiger partial charge is 0.339 e. The Hall–Kier alpha value is -0.220. The maximum atomic E-state index is 12.8. The molecule has 3 fully saturated rings. The van der Waals surface area contributed by atoms with Crippen molar-refractivity contribution in [3.8, 4) is 0 Å². The van der Waals surface area contributed by atoms with Gasteiger partial charge in [-0.2, -0.15) is 11.8 Å². The van der Waals surface area contributed by atoms with Crippen molar-refractivity contribution in [3.63, 3.8) is 0 Å². The van der Waals surface area contributed by atoms with Crippen LogP contribution in [0.25, 0.3) is 0 Å². The zero-order chi connectivity index (χ0) is 13.8. The number of amides is 1. The van der Waals surface area contributed by atoms with E-state index in [4.69, 9.17) is 0 Å². The van der Waals surface area contributed by atoms with Gasteiger partial charge in [-0.3, -0.25) is 4.79 Å². The average Bonchev–Trinajstić information content (AvgIpc) is 3.31. The fraction of sp³-hybridized carbons (Fsp3) is 0.938. The van der Waals surface area contributed by atoms with Crippen molar-refractivity contribution >= 4 is 17.7 Å². The van der Waals surface area contributed by atoms with Gasteiger partial charge in [0.25, 0.3) is 0 Å². The Morgan fingerprint density at radius 2 is 1.95 bits per heavy atom. The van der Waals surface area contributed by atoms with E-state index >= 15 is 0 Å². The van der Waals surface area contributed by atoms with Crippen molar-refractivity contribution in [2.75, 3.05) is 24.6 Å². The lowest BCUT2D eigenvalue weighted by Crippen LogP contribution is -2.47. The van der Waals surface area contributed by atoms with Gasteiger partial charge in [0.05, 0.1) is 0 Å². The standard InChI is InChI=1S/C16H28N2OS/c19-16(10-14-12-20-9-8-17-14)18(11-13-6-7-13)15-4-2-1-3-5-15/h13-15,17H,1-12H2. The molecule has 4 heteroatoms. The van der Waals surface area contributed by atoms with Crippen molar-refractivity contribution in [1.82, 2.24) is 10.2 Å². The fourth-order valence-electron chi connectivity index (χ4n) is 3.50. The van der Waals surface area contributed by atoms with Gasteiger partial charge in [-0.1, -0.05) is 19.3 Å². The van der Waals surface area contributed by atoms with Crippen LogP contribution in [0.3, 0.4) is 0 Å². The number of nitrogens with zero attached hydrogens (tertiary/aromatic N) is 1. The Kier molecular flexibility index (Phi) is 5.27. The second-order valence-electron chi connectivity index (χ2n) is 6.71. The molecule has 1 aliphatic heterocycles. The summed E-state index contributed by atoms with van der Waals surface area (Å²) in [6.07, 6.45) is 9.88. The Morgan fingerprint density at radius 3 is 2.60 bits per heavy atom. The first-order valence-corrected chi connectivity index (χ1v) is 9.59. The lowest BCUT2D eigenvalue weighted by atomic mass is 9.93. The topological polar surface area (TPSA) is 32.3 Å². The third-order valence-electron chi connectivity index (χ3n) is 4.91. The molecule has 1 unspecified atom stereocenters. The highest BCUT2D eigenvalue weighted by atomic mass is 32.2. The summed E-state index contributed by atoms with van der Waals surface area (Å²) in [4.78, 5) is 15.0. The van der Waals surface area contributed by atoms with Crippen LogP contribution in [0.5, 0.6) is 0 Å². The van der Waals surface area contributed by atoms with E-state index in [0.29, 0.717) is 18.0 Å². The van der Waals surface area contributed by atoms with Crippen LogP contribution in [0.1, 0.15) is 51.4 Å². The summed E-state index contributed by atoms with van der Waals surface area (Å²) >= 11 is 1.99. The molecule has 0 aromatic rings. The highest BCUT2D eigenvalue weighted by Crippen LogP contribution is 2.33. The minimum atomic E-state index is 0.409. The summed E-state index contributed by atoms with van der Waals surface area (Å²) in [5.74, 6) is 3.53. The van der Waals surface area contributed by atoms with Crippen molar-refractivity contribution in [2.45, 2.75) is 63.5 Å². The summed E-state index contributed by atoms with van der Waals surface area (Å²) in [6, 6.07) is 0.958. The van der Waals surface area contributed by atoms with E-state index in [1.165, 1.54) is 50.7 Å². The first-order valence-electron chi connectivity index (χ1n) is 8.43. The van der Waals surface area contributed by atoms with Crippen LogP contribution in [0, 0.1) is 5.92 Å². The molecule has 1 N–H and O–H groups in total. The maximum absolute atomic E-state index is 12.8. The number of hydrogen-bond donors (Lipinski definition) is 1. The maximum Gasteiger partial charge on any atom is 0.224 e. The minimum absolute atomic E-state index is 0.409. The SMILES string of the molecule is O=C(CC1CSCCN1)N(CC1CC1)C1CCCCC1. The third-order valence-corrected chi connectivity index (χ3v) is 6.04. The summed E-state index contributed by atoms with van der Waals surface area (Å²) in [5, 5.41) is 3.51. The first-order chi connectivity index (χ1) is 9.83. The van der Waals surface area contributed by atoms with E-state index in [1.54, 1.807) is 0 Å². The van der Waals surface area contributed by atoms with Crippen LogP contribution in [0.4, 0.5) is 0 Å². The Bertz CT molecular complexity index is 320. The molecule has 0 bridgehead atoms. The van der Waals surface area contributed by atoms with Gasteiger partial charge >= 0.3 is 0 Å². The van der Waals surface area contributed by atoms with Gasteiger partial charge in [0.2, 0.25) is 5.91 Å². The molecule has 1 amide bonds. The summed E-state index contributed by atoms with van der Waals surface area (Å²) in [7, 11) is 0. The molecule has 0 aromatic heterocycles. The second kappa shape index (κ2) is 7.17. The lowest BCUT2D eigenvalue weighted by molar-refractivity contribution is -0.135. The smallest absolute Gasteiger partial charge is 0.224 e. The highest BCUT2D eigenvalue weighted by Gasteiger charge is 2.32. The van der Waals surface area contributed by atoms with Crippen LogP contribution in [0.15, 0.2) is 0 Å². The fourth-order valence-corrected chi connectivity index (χ4v) is 4.45. The van der Waals surface area contributed by atoms with Crippen molar-refractivity contribution in [1.29, 1.82) is 0 Å². The van der Waals surface area contributed by atoms with E-state index in [1.807, 2.05) is 11.8 Å². The lowest BCUT2D eigenvalue weighted by Gasteiger charge is -2.36. The molecule has 20 heavy (non-hydrogen) atoms. The van der Waals surface area contributed by atoms with Crippen molar-refractivity contribution < 1.29 is 4.79 Å². The molecule has 1 saturated heterocycles. The average molecular weight is 296 g/mol. The Labute approximate surface area is 127 Å². The molecule has 114 valence electrons. The predicted octanol–water partition coefficient (Wildman–Crippen LogP) is 2.65. The van der Waals surface area contributed by atoms with Gasteiger partial charge in [-0.05, 0) is 31.6 Å². The van der Waals surface area contributed by atoms with Crippen LogP contribution in [-0.4, -0.2) is 47.5 Å². The molecule has 2 saturated carbocycles. The molecular formula is C16H28N2OS. The first kappa shape index (κ1) is 14.7. The van der Waals surface area contributed by atoms with Crippen LogP contribution in [0.2, 0.25) is 0 Å². The number of carbonyl (C=O) groups excluding carboxylic acids is 1. The van der Waals surface area contributed by atoms with Gasteiger partial charge in [-0.15, -0.1) is 0 Å². The zero-order valence-corrected chi connectivity index (χ0v) is 13.3. The molecule has 1 atom stereocenters. The minimum Gasteiger partial charge on any atom is -0.339 e. The monoisotopic (exact) mass is 296 g/mol. The van der Waals surface area contributed by atoms with E-state index in [9.17, 15) is 4.79 Å². The third kappa shape index (κ3) is 4.14. The molecule has 3 rings (SSSR count). The number of rotatable bonds is 5. The Balaban J connectivity index is 1.56. The van der Waals surface area contributed by atoms with Crippen LogP contribution in [-0.2, 0) is 4.79 Å². The van der Waals surface area contributed by atoms with E-state index in [2.05, 4.69) is 10.2 Å². The van der Waals surface area contributed by atoms with Crippen molar-refractivity contribution in [3.05, 3.63) is 0 Å². The Morgan fingerprint density at radius 1 is 1.15 bits per heavy atom. The molecule has 3 aliphatic rings. The van der Waals surface area contributed by atoms with E-state index in [0.717, 1.165) is 31.2 Å². The molecule has 0 radical (unpaired) electrons. The predicted molar refractivity (Wildman–Crippen MR) is 85.0 cm³/mol. The summed E-state index contributed by atoms with van der Waals surface area (Å²) in [5.41, 5.74) is 0. The molecule has 2 aliphatic carbocycles. The van der Waals surface area contributed by atoms with Crippen LogP contribution >= 0.6 is 11.8 Å². The molecule has 0 aromatic carbocycles. The van der Waals surface area contributed by atoms with Gasteiger partial charge in [-0.25, -0.2) is 0 Å². The van der Waals surface area contributed by atoms with Crippen molar-refractivity contribution in [2.24, 2.45) is 5.92 Å². The summed E-state index contributed by atoms with van der Waals surface area (Å²) < 4.78 is 0. The van der Waals surface area contributed by atoms with E-state index < -0.39 is 0 Å². The number of hydrogen-bond acceptors (Lipinski definition) is 3. The molecular weight excluding hydrogens is 268 g/mol. The second-order valence-corrected chi connectivity index (χ2v) is 7.86. The van der Waals surface area contributed by atoms with E-state index in [-0.39, 0.29) is 0 Å². The summed E-state index contributed by atoms with van der Waals surface area (Å²) in [6.45, 7) is 2.11. The van der Waals surface area contributed by atoms with Gasteiger partial charge in [0.1, 0.15) is 0 Å². The highest BCUT2D eigenvalue weighted by molar-refractivity contribution is 7.99. The molecule has 3 nitrogen and oxygen atoms in total. The van der Waals surface area contributed by atoms with Gasteiger partial charge < -0.3 is 10.2 Å². The zero-order valence-electron chi connectivity index (χ0n) is 12.5. The quantitative estimate of drug-likeness (QED) is 0.846. The number of carbonyl (C=O) groups is 1. The van der Waals surface area contributed by atoms with Crippen LogP contribution < -0.4 is 5.32 Å².